The monoisotopic (exact) mass is 392 g/mol. The van der Waals surface area contributed by atoms with E-state index in [1.807, 2.05) is 37.3 Å². The van der Waals surface area contributed by atoms with Crippen LogP contribution in [-0.4, -0.2) is 25.9 Å². The maximum Gasteiger partial charge on any atom is 0.240 e. The van der Waals surface area contributed by atoms with E-state index in [-0.39, 0.29) is 0 Å². The van der Waals surface area contributed by atoms with Crippen molar-refractivity contribution in [2.75, 3.05) is 5.43 Å². The molecule has 0 atom stereocenters. The average molecular weight is 393 g/mol. The van der Waals surface area contributed by atoms with Crippen molar-refractivity contribution in [3.63, 3.8) is 0 Å². The number of H-pyrrole nitrogens is 1. The molecule has 0 bridgehead atoms. The van der Waals surface area contributed by atoms with Crippen molar-refractivity contribution < 1.29 is 0 Å². The van der Waals surface area contributed by atoms with Gasteiger partial charge in [0.25, 0.3) is 0 Å². The van der Waals surface area contributed by atoms with Gasteiger partial charge >= 0.3 is 0 Å². The summed E-state index contributed by atoms with van der Waals surface area (Å²) in [6.07, 6.45) is 1.72. The van der Waals surface area contributed by atoms with Gasteiger partial charge in [0.15, 0.2) is 0 Å². The summed E-state index contributed by atoms with van der Waals surface area (Å²) >= 11 is 13.4. The lowest BCUT2D eigenvalue weighted by Crippen LogP contribution is -2.02. The summed E-state index contributed by atoms with van der Waals surface area (Å²) in [5.74, 6) is 1.15. The predicted octanol–water partition coefficient (Wildman–Crippen LogP) is 4.63. The molecule has 0 aliphatic heterocycles. The van der Waals surface area contributed by atoms with Crippen LogP contribution in [0.25, 0.3) is 0 Å². The molecule has 6 nitrogen and oxygen atoms in total. The van der Waals surface area contributed by atoms with Gasteiger partial charge in [-0.05, 0) is 36.8 Å². The van der Waals surface area contributed by atoms with Crippen LogP contribution < -0.4 is 5.43 Å². The third kappa shape index (κ3) is 4.94. The number of aromatic amines is 1. The molecule has 0 aliphatic carbocycles. The highest BCUT2D eigenvalue weighted by atomic mass is 35.5. The highest BCUT2D eigenvalue weighted by Gasteiger charge is 2.06. The molecular weight excluding hydrogens is 379 g/mol. The van der Waals surface area contributed by atoms with Crippen LogP contribution >= 0.6 is 35.0 Å². The predicted molar refractivity (Wildman–Crippen MR) is 102 cm³/mol. The number of nitrogens with zero attached hydrogens (tertiary/aromatic N) is 4. The largest absolute Gasteiger partial charge is 0.255 e. The quantitative estimate of drug-likeness (QED) is 0.363. The van der Waals surface area contributed by atoms with Gasteiger partial charge in [-0.1, -0.05) is 47.1 Å². The van der Waals surface area contributed by atoms with E-state index in [9.17, 15) is 0 Å². The molecule has 128 valence electrons. The summed E-state index contributed by atoms with van der Waals surface area (Å²) in [5, 5.41) is 12.9. The number of halogens is 2. The summed E-state index contributed by atoms with van der Waals surface area (Å²) in [5.41, 5.74) is 5.44. The van der Waals surface area contributed by atoms with Crippen LogP contribution in [0.1, 0.15) is 18.2 Å². The molecular formula is C16H14Cl2N6S. The van der Waals surface area contributed by atoms with Gasteiger partial charge in [-0.25, -0.2) is 10.5 Å². The first kappa shape index (κ1) is 17.7. The Bertz CT molecular complexity index is 881. The van der Waals surface area contributed by atoms with Gasteiger partial charge in [-0.3, -0.25) is 4.98 Å². The average Bonchev–Trinajstić information content (AvgIpc) is 3.09. The molecule has 0 aliphatic rings. The number of hydrazone groups is 1. The Kier molecular flexibility index (Phi) is 5.91. The van der Waals surface area contributed by atoms with Gasteiger partial charge in [-0.15, -0.1) is 5.10 Å². The van der Waals surface area contributed by atoms with E-state index in [1.54, 1.807) is 12.3 Å². The molecule has 0 spiro atoms. The van der Waals surface area contributed by atoms with Crippen LogP contribution in [0, 0.1) is 0 Å². The van der Waals surface area contributed by atoms with Gasteiger partial charge in [0, 0.05) is 11.9 Å². The topological polar surface area (TPSA) is 78.9 Å². The molecule has 25 heavy (non-hydrogen) atoms. The van der Waals surface area contributed by atoms with Crippen molar-refractivity contribution in [2.24, 2.45) is 5.10 Å². The van der Waals surface area contributed by atoms with E-state index in [0.717, 1.165) is 17.0 Å². The van der Waals surface area contributed by atoms with Gasteiger partial charge < -0.3 is 0 Å². The van der Waals surface area contributed by atoms with Crippen molar-refractivity contribution in [1.29, 1.82) is 0 Å². The first-order valence-electron chi connectivity index (χ1n) is 7.32. The van der Waals surface area contributed by atoms with Crippen LogP contribution in [0.3, 0.4) is 0 Å². The van der Waals surface area contributed by atoms with Gasteiger partial charge in [0.2, 0.25) is 11.1 Å². The number of anilines is 1. The summed E-state index contributed by atoms with van der Waals surface area (Å²) in [6, 6.07) is 11.2. The van der Waals surface area contributed by atoms with E-state index >= 15 is 0 Å². The second-order valence-electron chi connectivity index (χ2n) is 5.03. The molecule has 3 aromatic rings. The molecule has 2 aromatic heterocycles. The minimum atomic E-state index is 0.465. The number of nitrogens with one attached hydrogen (secondary N) is 2. The van der Waals surface area contributed by atoms with Crippen molar-refractivity contribution in [3.8, 4) is 0 Å². The lowest BCUT2D eigenvalue weighted by atomic mass is 10.2. The number of benzene rings is 1. The Morgan fingerprint density at radius 3 is 2.88 bits per heavy atom. The maximum absolute atomic E-state index is 6.01. The molecule has 2 N–H and O–H groups in total. The molecule has 0 amide bonds. The minimum absolute atomic E-state index is 0.465. The molecule has 0 unspecified atom stereocenters. The molecule has 0 radical (unpaired) electrons. The molecule has 0 saturated carbocycles. The lowest BCUT2D eigenvalue weighted by molar-refractivity contribution is 0.972. The minimum Gasteiger partial charge on any atom is -0.255 e. The van der Waals surface area contributed by atoms with E-state index in [2.05, 4.69) is 30.7 Å². The van der Waals surface area contributed by atoms with Crippen LogP contribution in [0.15, 0.2) is 52.9 Å². The molecule has 0 saturated heterocycles. The maximum atomic E-state index is 6.01. The van der Waals surface area contributed by atoms with E-state index < -0.39 is 0 Å². The summed E-state index contributed by atoms with van der Waals surface area (Å²) in [7, 11) is 0. The van der Waals surface area contributed by atoms with Gasteiger partial charge in [-0.2, -0.15) is 10.1 Å². The number of aromatic nitrogens is 4. The molecule has 9 heteroatoms. The number of thioether (sulfide) groups is 1. The van der Waals surface area contributed by atoms with Crippen molar-refractivity contribution in [1.82, 2.24) is 20.2 Å². The van der Waals surface area contributed by atoms with Crippen LogP contribution in [0.4, 0.5) is 5.95 Å². The fourth-order valence-electron chi connectivity index (χ4n) is 1.91. The first-order valence-corrected chi connectivity index (χ1v) is 9.07. The first-order chi connectivity index (χ1) is 12.1. The van der Waals surface area contributed by atoms with E-state index in [1.165, 1.54) is 11.8 Å². The van der Waals surface area contributed by atoms with E-state index in [4.69, 9.17) is 23.2 Å². The smallest absolute Gasteiger partial charge is 0.240 e. The normalized spacial score (nSPS) is 11.6. The number of hydrogen-bond donors (Lipinski definition) is 2. The summed E-state index contributed by atoms with van der Waals surface area (Å²) in [4.78, 5) is 8.56. The third-order valence-corrected chi connectivity index (χ3v) is 4.84. The van der Waals surface area contributed by atoms with Gasteiger partial charge in [0.05, 0.1) is 21.5 Å². The highest BCUT2D eigenvalue weighted by Crippen LogP contribution is 2.26. The zero-order valence-corrected chi connectivity index (χ0v) is 15.5. The van der Waals surface area contributed by atoms with Crippen molar-refractivity contribution in [2.45, 2.75) is 17.8 Å². The third-order valence-electron chi connectivity index (χ3n) is 3.18. The Hall–Kier alpha value is -2.09. The van der Waals surface area contributed by atoms with Crippen LogP contribution in [-0.2, 0) is 5.75 Å². The molecule has 1 aromatic carbocycles. The number of hydrogen-bond acceptors (Lipinski definition) is 6. The summed E-state index contributed by atoms with van der Waals surface area (Å²) in [6.45, 7) is 1.87. The van der Waals surface area contributed by atoms with Crippen molar-refractivity contribution >= 4 is 46.6 Å². The zero-order valence-electron chi connectivity index (χ0n) is 13.2. The Morgan fingerprint density at radius 2 is 2.12 bits per heavy atom. The molecule has 2 heterocycles. The van der Waals surface area contributed by atoms with Crippen LogP contribution in [0.5, 0.6) is 0 Å². The van der Waals surface area contributed by atoms with E-state index in [0.29, 0.717) is 26.9 Å². The SMILES string of the molecule is C/C(=N\Nc1nc(SCc2ccc(Cl)c(Cl)c2)n[nH]1)c1ccccn1. The lowest BCUT2D eigenvalue weighted by Gasteiger charge is -2.01. The molecule has 3 rings (SSSR count). The standard InChI is InChI=1S/C16H14Cl2N6S/c1-10(14-4-2-3-7-19-14)21-22-15-20-16(24-23-15)25-9-11-5-6-12(17)13(18)8-11/h2-8H,9H2,1H3,(H2,20,22,23,24)/b21-10+. The zero-order chi connectivity index (χ0) is 17.6. The van der Waals surface area contributed by atoms with Gasteiger partial charge in [0.1, 0.15) is 0 Å². The number of pyridine rings is 1. The fourth-order valence-corrected chi connectivity index (χ4v) is 2.97. The van der Waals surface area contributed by atoms with Crippen molar-refractivity contribution in [3.05, 3.63) is 63.9 Å². The second kappa shape index (κ2) is 8.33. The Labute approximate surface area is 159 Å². The molecule has 0 fully saturated rings. The fraction of sp³-hybridized carbons (Fsp3) is 0.125. The second-order valence-corrected chi connectivity index (χ2v) is 6.78. The Balaban J connectivity index is 1.58. The van der Waals surface area contributed by atoms with Crippen LogP contribution in [0.2, 0.25) is 10.0 Å². The number of rotatable bonds is 6. The summed E-state index contributed by atoms with van der Waals surface area (Å²) < 4.78 is 0. The highest BCUT2D eigenvalue weighted by molar-refractivity contribution is 7.98. The Morgan fingerprint density at radius 1 is 1.24 bits per heavy atom.